The van der Waals surface area contributed by atoms with E-state index in [2.05, 4.69) is 19.9 Å². The van der Waals surface area contributed by atoms with Crippen molar-refractivity contribution >= 4 is 33.0 Å². The molecular weight excluding hydrogens is 363 g/mol. The van der Waals surface area contributed by atoms with Gasteiger partial charge in [0.2, 0.25) is 0 Å². The monoisotopic (exact) mass is 376 g/mol. The summed E-state index contributed by atoms with van der Waals surface area (Å²) in [5.41, 5.74) is 2.58. The quantitative estimate of drug-likeness (QED) is 0.449. The maximum absolute atomic E-state index is 13.2. The number of nitrogens with zero attached hydrogens (tertiary/aromatic N) is 3. The number of nitrogens with one attached hydrogen (secondary N) is 1. The molecule has 0 unspecified atom stereocenters. The van der Waals surface area contributed by atoms with E-state index in [1.54, 1.807) is 0 Å². The molecule has 0 aliphatic heterocycles. The van der Waals surface area contributed by atoms with Crippen molar-refractivity contribution in [3.05, 3.63) is 40.4 Å². The summed E-state index contributed by atoms with van der Waals surface area (Å²) in [6.45, 7) is 0. The van der Waals surface area contributed by atoms with Crippen molar-refractivity contribution < 1.29 is 22.6 Å². The normalized spacial score (nSPS) is 12.4. The zero-order valence-electron chi connectivity index (χ0n) is 12.5. The molecule has 1 aromatic carbocycles. The molecule has 0 aliphatic carbocycles. The zero-order chi connectivity index (χ0) is 17.7. The van der Waals surface area contributed by atoms with E-state index in [-0.39, 0.29) is 34.4 Å². The Morgan fingerprint density at radius 2 is 2.21 bits per heavy atom. The number of hydroxylamine groups is 1. The fraction of sp³-hybridized carbons (Fsp3) is 0.308. The van der Waals surface area contributed by atoms with Gasteiger partial charge in [-0.25, -0.2) is 22.4 Å². The third-order valence-corrected chi connectivity index (χ3v) is 4.28. The molecule has 8 nitrogen and oxygen atoms in total. The SMILES string of the molecule is CS(=O)(=O)CCCc1nonc1C(=Nc1ccc(F)c(Cl)c1)NO. The minimum absolute atomic E-state index is 0.0219. The number of sulfone groups is 1. The van der Waals surface area contributed by atoms with E-state index in [9.17, 15) is 18.0 Å². The van der Waals surface area contributed by atoms with Gasteiger partial charge in [0, 0.05) is 6.26 Å². The number of rotatable bonds is 6. The highest BCUT2D eigenvalue weighted by Crippen LogP contribution is 2.22. The molecule has 0 atom stereocenters. The first kappa shape index (κ1) is 18.3. The fourth-order valence-electron chi connectivity index (χ4n) is 1.87. The van der Waals surface area contributed by atoms with Crippen LogP contribution in [0.4, 0.5) is 10.1 Å². The van der Waals surface area contributed by atoms with Gasteiger partial charge in [0.1, 0.15) is 21.3 Å². The molecule has 0 bridgehead atoms. The van der Waals surface area contributed by atoms with Crippen molar-refractivity contribution in [2.75, 3.05) is 12.0 Å². The lowest BCUT2D eigenvalue weighted by atomic mass is 10.2. The first-order valence-electron chi connectivity index (χ1n) is 6.73. The number of aromatic nitrogens is 2. The Hall–Kier alpha value is -2.04. The van der Waals surface area contributed by atoms with Crippen molar-refractivity contribution in [2.45, 2.75) is 12.8 Å². The average Bonchev–Trinajstić information content (AvgIpc) is 2.95. The van der Waals surface area contributed by atoms with Crippen LogP contribution in [0.25, 0.3) is 0 Å². The first-order chi connectivity index (χ1) is 11.3. The van der Waals surface area contributed by atoms with Gasteiger partial charge in [-0.3, -0.25) is 10.7 Å². The summed E-state index contributed by atoms with van der Waals surface area (Å²) >= 11 is 5.68. The molecule has 130 valence electrons. The Morgan fingerprint density at radius 3 is 2.83 bits per heavy atom. The molecule has 0 fully saturated rings. The summed E-state index contributed by atoms with van der Waals surface area (Å²) in [6.07, 6.45) is 1.70. The van der Waals surface area contributed by atoms with Gasteiger partial charge in [0.05, 0.1) is 16.5 Å². The molecule has 1 heterocycles. The highest BCUT2D eigenvalue weighted by atomic mass is 35.5. The summed E-state index contributed by atoms with van der Waals surface area (Å²) in [4.78, 5) is 4.06. The smallest absolute Gasteiger partial charge is 0.181 e. The van der Waals surface area contributed by atoms with E-state index in [1.165, 1.54) is 12.1 Å². The van der Waals surface area contributed by atoms with Gasteiger partial charge in [-0.1, -0.05) is 16.8 Å². The average molecular weight is 377 g/mol. The van der Waals surface area contributed by atoms with Gasteiger partial charge >= 0.3 is 0 Å². The zero-order valence-corrected chi connectivity index (χ0v) is 14.1. The Balaban J connectivity index is 2.23. The molecule has 0 amide bonds. The minimum Gasteiger partial charge on any atom is -0.290 e. The van der Waals surface area contributed by atoms with Crippen LogP contribution in [0, 0.1) is 5.82 Å². The minimum atomic E-state index is -3.10. The van der Waals surface area contributed by atoms with Crippen LogP contribution in [0.3, 0.4) is 0 Å². The number of halogens is 2. The number of amidine groups is 1. The van der Waals surface area contributed by atoms with Gasteiger partial charge in [0.25, 0.3) is 0 Å². The summed E-state index contributed by atoms with van der Waals surface area (Å²) < 4.78 is 40.1. The Kier molecular flexibility index (Phi) is 5.86. The van der Waals surface area contributed by atoms with Gasteiger partial charge in [0.15, 0.2) is 11.5 Å². The standard InChI is InChI=1S/C13H14ClFN4O4S/c1-24(21,22)6-2-3-11-12(19-23-18-11)13(17-20)16-8-4-5-10(15)9(14)7-8/h4-5,7,20H,2-3,6H2,1H3,(H,16,17). The Morgan fingerprint density at radius 1 is 1.46 bits per heavy atom. The summed E-state index contributed by atoms with van der Waals surface area (Å²) in [6, 6.07) is 3.75. The molecule has 0 radical (unpaired) electrons. The summed E-state index contributed by atoms with van der Waals surface area (Å²) in [7, 11) is -3.10. The highest BCUT2D eigenvalue weighted by Gasteiger charge is 2.17. The van der Waals surface area contributed by atoms with Crippen molar-refractivity contribution in [1.82, 2.24) is 15.8 Å². The Bertz CT molecular complexity index is 853. The van der Waals surface area contributed by atoms with Crippen LogP contribution in [0.1, 0.15) is 17.8 Å². The van der Waals surface area contributed by atoms with E-state index in [4.69, 9.17) is 11.6 Å². The van der Waals surface area contributed by atoms with Gasteiger partial charge in [-0.2, -0.15) is 0 Å². The number of hydrogen-bond acceptors (Lipinski definition) is 7. The van der Waals surface area contributed by atoms with Crippen molar-refractivity contribution in [3.8, 4) is 0 Å². The third kappa shape index (κ3) is 4.98. The molecule has 11 heteroatoms. The molecule has 24 heavy (non-hydrogen) atoms. The highest BCUT2D eigenvalue weighted by molar-refractivity contribution is 7.90. The predicted octanol–water partition coefficient (Wildman–Crippen LogP) is 1.90. The van der Waals surface area contributed by atoms with Crippen LogP contribution in [-0.4, -0.2) is 41.8 Å². The van der Waals surface area contributed by atoms with Gasteiger partial charge in [-0.05, 0) is 36.2 Å². The van der Waals surface area contributed by atoms with Crippen LogP contribution >= 0.6 is 11.6 Å². The number of hydrogen-bond donors (Lipinski definition) is 2. The second-order valence-corrected chi connectivity index (χ2v) is 7.63. The van der Waals surface area contributed by atoms with Crippen molar-refractivity contribution in [3.63, 3.8) is 0 Å². The molecule has 0 aliphatic rings. The number of aliphatic imine (C=N–C) groups is 1. The van der Waals surface area contributed by atoms with Crippen LogP contribution in [0.5, 0.6) is 0 Å². The maximum Gasteiger partial charge on any atom is 0.181 e. The van der Waals surface area contributed by atoms with Crippen LogP contribution in [0.15, 0.2) is 27.8 Å². The van der Waals surface area contributed by atoms with E-state index in [1.807, 2.05) is 5.48 Å². The molecule has 1 aromatic heterocycles. The van der Waals surface area contributed by atoms with E-state index < -0.39 is 15.7 Å². The van der Waals surface area contributed by atoms with Crippen LogP contribution < -0.4 is 5.48 Å². The van der Waals surface area contributed by atoms with Gasteiger partial charge in [-0.15, -0.1) is 0 Å². The topological polar surface area (TPSA) is 118 Å². The molecule has 2 N–H and O–H groups in total. The molecular formula is C13H14ClFN4O4S. The number of benzene rings is 1. The first-order valence-corrected chi connectivity index (χ1v) is 9.17. The molecule has 2 rings (SSSR count). The maximum atomic E-state index is 13.2. The lowest BCUT2D eigenvalue weighted by Crippen LogP contribution is -2.22. The molecule has 0 saturated heterocycles. The third-order valence-electron chi connectivity index (χ3n) is 2.96. The van der Waals surface area contributed by atoms with Crippen molar-refractivity contribution in [2.24, 2.45) is 4.99 Å². The molecule has 0 saturated carbocycles. The summed E-state index contributed by atoms with van der Waals surface area (Å²) in [5, 5.41) is 16.5. The van der Waals surface area contributed by atoms with E-state index in [0.717, 1.165) is 12.3 Å². The van der Waals surface area contributed by atoms with Crippen LogP contribution in [-0.2, 0) is 16.3 Å². The summed E-state index contributed by atoms with van der Waals surface area (Å²) in [5.74, 6) is -0.710. The van der Waals surface area contributed by atoms with Crippen LogP contribution in [0.2, 0.25) is 5.02 Å². The largest absolute Gasteiger partial charge is 0.290 e. The molecule has 2 aromatic rings. The Labute approximate surface area is 142 Å². The van der Waals surface area contributed by atoms with Gasteiger partial charge < -0.3 is 0 Å². The molecule has 0 spiro atoms. The predicted molar refractivity (Wildman–Crippen MR) is 84.9 cm³/mol. The lowest BCUT2D eigenvalue weighted by Gasteiger charge is -2.04. The van der Waals surface area contributed by atoms with E-state index >= 15 is 0 Å². The van der Waals surface area contributed by atoms with E-state index in [0.29, 0.717) is 12.1 Å². The second-order valence-electron chi connectivity index (χ2n) is 4.96. The second kappa shape index (κ2) is 7.69. The van der Waals surface area contributed by atoms with Crippen molar-refractivity contribution in [1.29, 1.82) is 0 Å². The lowest BCUT2D eigenvalue weighted by molar-refractivity contribution is 0.234. The fourth-order valence-corrected chi connectivity index (χ4v) is 2.71. The number of aryl methyl sites for hydroxylation is 1.